The van der Waals surface area contributed by atoms with Crippen LogP contribution in [0.25, 0.3) is 0 Å². The highest BCUT2D eigenvalue weighted by Crippen LogP contribution is 2.48. The molecule has 26 heavy (non-hydrogen) atoms. The number of nitrogens with zero attached hydrogens (tertiary/aromatic N) is 2. The zero-order chi connectivity index (χ0) is 18.9. The van der Waals surface area contributed by atoms with E-state index in [1.165, 1.54) is 0 Å². The van der Waals surface area contributed by atoms with Gasteiger partial charge >= 0.3 is 12.0 Å². The van der Waals surface area contributed by atoms with Crippen LogP contribution in [0.5, 0.6) is 0 Å². The molecule has 1 aliphatic carbocycles. The van der Waals surface area contributed by atoms with E-state index in [-0.39, 0.29) is 18.0 Å². The highest BCUT2D eigenvalue weighted by molar-refractivity contribution is 6.31. The lowest BCUT2D eigenvalue weighted by atomic mass is 9.81. The molecule has 6 nitrogen and oxygen atoms in total. The minimum absolute atomic E-state index is 0.0526. The van der Waals surface area contributed by atoms with Crippen molar-refractivity contribution in [2.24, 2.45) is 11.3 Å². The van der Waals surface area contributed by atoms with Gasteiger partial charge < -0.3 is 20.2 Å². The number of halogens is 1. The first-order valence-electron chi connectivity index (χ1n) is 9.02. The molecule has 1 aromatic carbocycles. The second kappa shape index (κ2) is 7.45. The second-order valence-electron chi connectivity index (χ2n) is 7.62. The molecule has 0 bridgehead atoms. The van der Waals surface area contributed by atoms with Crippen molar-refractivity contribution in [2.75, 3.05) is 33.7 Å². The number of fused-ring (bicyclic) bond motifs is 1. The number of aliphatic carboxylic acids is 1. The standard InChI is InChI=1S/C19H26ClN3O3/c1-22(2)16(14-7-3-4-8-15(14)20)10-21-18(26)23-11-13-6-5-9-19(13,12-23)17(24)25/h3-4,7-8,13,16H,5-6,9-12H2,1-2H3,(H,21,26)(H,24,25)/t13-,16?,19+/m0/s1. The highest BCUT2D eigenvalue weighted by atomic mass is 35.5. The summed E-state index contributed by atoms with van der Waals surface area (Å²) in [5.41, 5.74) is 0.209. The lowest BCUT2D eigenvalue weighted by Gasteiger charge is -2.28. The molecule has 1 aromatic rings. The predicted octanol–water partition coefficient (Wildman–Crippen LogP) is 2.84. The van der Waals surface area contributed by atoms with E-state index in [2.05, 4.69) is 5.32 Å². The van der Waals surface area contributed by atoms with Crippen LogP contribution in [-0.2, 0) is 4.79 Å². The van der Waals surface area contributed by atoms with Crippen LogP contribution in [0, 0.1) is 11.3 Å². The molecule has 2 N–H and O–H groups in total. The Hall–Kier alpha value is -1.79. The van der Waals surface area contributed by atoms with Gasteiger partial charge in [-0.2, -0.15) is 0 Å². The summed E-state index contributed by atoms with van der Waals surface area (Å²) >= 11 is 6.31. The monoisotopic (exact) mass is 379 g/mol. The molecular weight excluding hydrogens is 354 g/mol. The number of benzene rings is 1. The fourth-order valence-electron chi connectivity index (χ4n) is 4.41. The Bertz CT molecular complexity index is 696. The molecule has 3 rings (SSSR count). The number of hydrogen-bond donors (Lipinski definition) is 2. The fraction of sp³-hybridized carbons (Fsp3) is 0.579. The van der Waals surface area contributed by atoms with Crippen LogP contribution in [0.3, 0.4) is 0 Å². The van der Waals surface area contributed by atoms with E-state index >= 15 is 0 Å². The molecule has 3 atom stereocenters. The van der Waals surface area contributed by atoms with Crippen molar-refractivity contribution in [1.29, 1.82) is 0 Å². The first-order valence-corrected chi connectivity index (χ1v) is 9.40. The van der Waals surface area contributed by atoms with E-state index in [0.717, 1.165) is 18.4 Å². The fourth-order valence-corrected chi connectivity index (χ4v) is 4.67. The average molecular weight is 380 g/mol. The number of urea groups is 1. The number of amides is 2. The largest absolute Gasteiger partial charge is 0.481 e. The number of nitrogens with one attached hydrogen (secondary N) is 1. The molecule has 1 saturated heterocycles. The molecule has 2 fully saturated rings. The van der Waals surface area contributed by atoms with Crippen LogP contribution >= 0.6 is 11.6 Å². The topological polar surface area (TPSA) is 72.9 Å². The van der Waals surface area contributed by atoms with Crippen molar-refractivity contribution in [3.05, 3.63) is 34.9 Å². The number of carbonyl (C=O) groups is 2. The lowest BCUT2D eigenvalue weighted by Crippen LogP contribution is -2.44. The summed E-state index contributed by atoms with van der Waals surface area (Å²) in [7, 11) is 3.89. The molecule has 2 aliphatic rings. The van der Waals surface area contributed by atoms with Crippen LogP contribution in [0.1, 0.15) is 30.9 Å². The van der Waals surface area contributed by atoms with E-state index in [0.29, 0.717) is 31.1 Å². The average Bonchev–Trinajstić information content (AvgIpc) is 3.14. The lowest BCUT2D eigenvalue weighted by molar-refractivity contribution is -0.149. The minimum Gasteiger partial charge on any atom is -0.481 e. The van der Waals surface area contributed by atoms with Crippen LogP contribution < -0.4 is 5.32 Å². The summed E-state index contributed by atoms with van der Waals surface area (Å²) < 4.78 is 0. The van der Waals surface area contributed by atoms with E-state index < -0.39 is 11.4 Å². The summed E-state index contributed by atoms with van der Waals surface area (Å²) in [5, 5.41) is 13.3. The van der Waals surface area contributed by atoms with Crippen molar-refractivity contribution in [3.8, 4) is 0 Å². The number of hydrogen-bond acceptors (Lipinski definition) is 3. The normalized spacial score (nSPS) is 26.0. The van der Waals surface area contributed by atoms with Gasteiger partial charge in [0.1, 0.15) is 0 Å². The number of rotatable bonds is 5. The number of carboxylic acid groups (broad SMARTS) is 1. The summed E-state index contributed by atoms with van der Waals surface area (Å²) in [6, 6.07) is 7.36. The predicted molar refractivity (Wildman–Crippen MR) is 100 cm³/mol. The Labute approximate surface area is 159 Å². The Morgan fingerprint density at radius 2 is 2.15 bits per heavy atom. The molecule has 142 valence electrons. The Balaban J connectivity index is 1.65. The van der Waals surface area contributed by atoms with Gasteiger partial charge in [0.25, 0.3) is 0 Å². The third kappa shape index (κ3) is 3.40. The maximum Gasteiger partial charge on any atom is 0.317 e. The molecule has 1 heterocycles. The Morgan fingerprint density at radius 3 is 2.77 bits per heavy atom. The second-order valence-corrected chi connectivity index (χ2v) is 8.03. The molecule has 0 spiro atoms. The Kier molecular flexibility index (Phi) is 5.44. The third-order valence-electron chi connectivity index (χ3n) is 5.92. The van der Waals surface area contributed by atoms with Crippen LogP contribution in [0.4, 0.5) is 4.79 Å². The van der Waals surface area contributed by atoms with Gasteiger partial charge in [0, 0.05) is 24.7 Å². The first kappa shape index (κ1) is 19.0. The highest BCUT2D eigenvalue weighted by Gasteiger charge is 2.55. The van der Waals surface area contributed by atoms with Crippen molar-refractivity contribution in [1.82, 2.24) is 15.1 Å². The molecule has 0 aromatic heterocycles. The van der Waals surface area contributed by atoms with Crippen LogP contribution in [0.2, 0.25) is 5.02 Å². The van der Waals surface area contributed by atoms with Gasteiger partial charge in [-0.1, -0.05) is 36.2 Å². The minimum atomic E-state index is -0.766. The van der Waals surface area contributed by atoms with Gasteiger partial charge in [-0.3, -0.25) is 4.79 Å². The molecule has 0 radical (unpaired) electrons. The quantitative estimate of drug-likeness (QED) is 0.825. The molecule has 1 saturated carbocycles. The molecular formula is C19H26ClN3O3. The summed E-state index contributed by atoms with van der Waals surface area (Å²) in [4.78, 5) is 28.1. The number of carboxylic acids is 1. The van der Waals surface area contributed by atoms with Crippen molar-refractivity contribution in [2.45, 2.75) is 25.3 Å². The summed E-state index contributed by atoms with van der Waals surface area (Å²) in [5.74, 6) is -0.698. The van der Waals surface area contributed by atoms with Crippen molar-refractivity contribution in [3.63, 3.8) is 0 Å². The zero-order valence-electron chi connectivity index (χ0n) is 15.2. The first-order chi connectivity index (χ1) is 12.3. The van der Waals surface area contributed by atoms with Gasteiger partial charge in [0.2, 0.25) is 0 Å². The zero-order valence-corrected chi connectivity index (χ0v) is 16.0. The van der Waals surface area contributed by atoms with Crippen molar-refractivity contribution < 1.29 is 14.7 Å². The number of carbonyl (C=O) groups excluding carboxylic acids is 1. The van der Waals surface area contributed by atoms with E-state index in [4.69, 9.17) is 11.6 Å². The Morgan fingerprint density at radius 1 is 1.42 bits per heavy atom. The molecule has 1 aliphatic heterocycles. The molecule has 1 unspecified atom stereocenters. The van der Waals surface area contributed by atoms with Gasteiger partial charge in [-0.15, -0.1) is 0 Å². The van der Waals surface area contributed by atoms with Crippen molar-refractivity contribution >= 4 is 23.6 Å². The van der Waals surface area contributed by atoms with Gasteiger partial charge in [0.15, 0.2) is 0 Å². The van der Waals surface area contributed by atoms with Crippen LogP contribution in [-0.4, -0.2) is 60.6 Å². The summed E-state index contributed by atoms with van der Waals surface area (Å²) in [6.07, 6.45) is 2.48. The SMILES string of the molecule is CN(C)C(CNC(=O)N1C[C@@H]2CCC[C@@]2(C(=O)O)C1)c1ccccc1Cl. The smallest absolute Gasteiger partial charge is 0.317 e. The number of likely N-dealkylation sites (N-methyl/N-ethyl adjacent to an activating group) is 1. The van der Waals surface area contributed by atoms with Gasteiger partial charge in [-0.25, -0.2) is 4.79 Å². The van der Waals surface area contributed by atoms with E-state index in [1.54, 1.807) is 4.90 Å². The van der Waals surface area contributed by atoms with Gasteiger partial charge in [0.05, 0.1) is 11.5 Å². The third-order valence-corrected chi connectivity index (χ3v) is 6.26. The molecule has 2 amide bonds. The molecule has 7 heteroatoms. The van der Waals surface area contributed by atoms with E-state index in [9.17, 15) is 14.7 Å². The maximum absolute atomic E-state index is 12.7. The summed E-state index contributed by atoms with van der Waals surface area (Å²) in [6.45, 7) is 1.24. The van der Waals surface area contributed by atoms with Gasteiger partial charge in [-0.05, 0) is 44.5 Å². The number of likely N-dealkylation sites (tertiary alicyclic amines) is 1. The van der Waals surface area contributed by atoms with Crippen LogP contribution in [0.15, 0.2) is 24.3 Å². The maximum atomic E-state index is 12.7. The van der Waals surface area contributed by atoms with E-state index in [1.807, 2.05) is 43.3 Å².